The maximum absolute atomic E-state index is 12.2. The number of hydrogen-bond acceptors (Lipinski definition) is 4. The molecule has 0 saturated carbocycles. The van der Waals surface area contributed by atoms with Crippen LogP contribution in [0, 0.1) is 0 Å². The molecule has 0 spiro atoms. The van der Waals surface area contributed by atoms with E-state index in [9.17, 15) is 9.59 Å². The lowest BCUT2D eigenvalue weighted by atomic mass is 9.55. The summed E-state index contributed by atoms with van der Waals surface area (Å²) in [5.74, 6) is -1.04. The highest BCUT2D eigenvalue weighted by atomic mass is 16.5. The third kappa shape index (κ3) is 4.97. The van der Waals surface area contributed by atoms with Gasteiger partial charge in [-0.3, -0.25) is 9.59 Å². The fourth-order valence-corrected chi connectivity index (χ4v) is 2.20. The van der Waals surface area contributed by atoms with Crippen LogP contribution in [-0.4, -0.2) is 24.8 Å². The zero-order chi connectivity index (χ0) is 16.7. The molecule has 0 fully saturated rings. The predicted octanol–water partition coefficient (Wildman–Crippen LogP) is -0.0717. The second kappa shape index (κ2) is 8.15. The highest BCUT2D eigenvalue weighted by Crippen LogP contribution is 2.01. The molecule has 1 atom stereocenters. The van der Waals surface area contributed by atoms with Crippen LogP contribution in [0.4, 0.5) is 0 Å². The second-order valence-corrected chi connectivity index (χ2v) is 5.25. The van der Waals surface area contributed by atoms with E-state index in [1.165, 1.54) is 0 Å². The van der Waals surface area contributed by atoms with Crippen LogP contribution < -0.4 is 22.4 Å². The van der Waals surface area contributed by atoms with E-state index < -0.39 is 24.8 Å². The third-order valence-electron chi connectivity index (χ3n) is 3.44. The van der Waals surface area contributed by atoms with E-state index in [2.05, 4.69) is 0 Å². The minimum absolute atomic E-state index is 0.0532. The molecular formula is C17H19BN2O3. The summed E-state index contributed by atoms with van der Waals surface area (Å²) in [6, 6.07) is 18.0. The van der Waals surface area contributed by atoms with Crippen molar-refractivity contribution < 1.29 is 14.2 Å². The Morgan fingerprint density at radius 2 is 1.43 bits per heavy atom. The first-order valence-corrected chi connectivity index (χ1v) is 7.42. The van der Waals surface area contributed by atoms with Crippen molar-refractivity contribution in [1.82, 2.24) is 0 Å². The van der Waals surface area contributed by atoms with E-state index in [1.54, 1.807) is 0 Å². The van der Waals surface area contributed by atoms with Crippen molar-refractivity contribution in [1.29, 1.82) is 0 Å². The molecule has 0 radical (unpaired) electrons. The summed E-state index contributed by atoms with van der Waals surface area (Å²) < 4.78 is 5.60. The lowest BCUT2D eigenvalue weighted by Gasteiger charge is -2.18. The molecule has 23 heavy (non-hydrogen) atoms. The van der Waals surface area contributed by atoms with Crippen LogP contribution in [0.1, 0.15) is 12.8 Å². The van der Waals surface area contributed by atoms with Gasteiger partial charge in [0.05, 0.1) is 0 Å². The van der Waals surface area contributed by atoms with Crippen molar-refractivity contribution >= 4 is 29.7 Å². The second-order valence-electron chi connectivity index (χ2n) is 5.25. The highest BCUT2D eigenvalue weighted by Gasteiger charge is 2.28. The van der Waals surface area contributed by atoms with Crippen LogP contribution in [0.2, 0.25) is 0 Å². The molecule has 0 bridgehead atoms. The van der Waals surface area contributed by atoms with Crippen molar-refractivity contribution in [3.63, 3.8) is 0 Å². The van der Waals surface area contributed by atoms with Crippen LogP contribution in [0.3, 0.4) is 0 Å². The SMILES string of the molecule is NC(=O)CCC(N)C(=O)OB(c1ccccc1)c1ccccc1. The van der Waals surface area contributed by atoms with Gasteiger partial charge < -0.3 is 16.1 Å². The van der Waals surface area contributed by atoms with E-state index in [1.807, 2.05) is 60.7 Å². The number of carbonyl (C=O) groups is 2. The first-order valence-electron chi connectivity index (χ1n) is 7.42. The van der Waals surface area contributed by atoms with E-state index in [0.717, 1.165) is 10.9 Å². The van der Waals surface area contributed by atoms with Gasteiger partial charge in [0.15, 0.2) is 0 Å². The van der Waals surface area contributed by atoms with Crippen LogP contribution in [0.15, 0.2) is 60.7 Å². The Kier molecular flexibility index (Phi) is 5.94. The van der Waals surface area contributed by atoms with E-state index >= 15 is 0 Å². The molecule has 0 heterocycles. The molecule has 0 saturated heterocycles. The maximum Gasteiger partial charge on any atom is 0.429 e. The monoisotopic (exact) mass is 310 g/mol. The summed E-state index contributed by atoms with van der Waals surface area (Å²) in [6.07, 6.45) is 0.224. The molecule has 6 heteroatoms. The predicted molar refractivity (Wildman–Crippen MR) is 90.4 cm³/mol. The molecule has 0 aliphatic heterocycles. The number of hydrogen-bond donors (Lipinski definition) is 2. The molecular weight excluding hydrogens is 291 g/mol. The molecule has 1 amide bonds. The normalized spacial score (nSPS) is 11.5. The summed E-state index contributed by atoms with van der Waals surface area (Å²) in [5.41, 5.74) is 12.6. The maximum atomic E-state index is 12.2. The number of primary amides is 1. The number of rotatable bonds is 7. The Balaban J connectivity index is 2.15. The Labute approximate surface area is 135 Å². The van der Waals surface area contributed by atoms with Crippen molar-refractivity contribution in [2.24, 2.45) is 11.5 Å². The minimum Gasteiger partial charge on any atom is -0.525 e. The Hall–Kier alpha value is -2.60. The van der Waals surface area contributed by atoms with Crippen molar-refractivity contribution in [3.8, 4) is 0 Å². The van der Waals surface area contributed by atoms with Gasteiger partial charge in [0.25, 0.3) is 0 Å². The molecule has 118 valence electrons. The molecule has 0 aliphatic carbocycles. The van der Waals surface area contributed by atoms with Gasteiger partial charge in [-0.1, -0.05) is 60.7 Å². The Bertz CT molecular complexity index is 610. The lowest BCUT2D eigenvalue weighted by Crippen LogP contribution is -2.49. The molecule has 5 nitrogen and oxygen atoms in total. The fraction of sp³-hybridized carbons (Fsp3) is 0.176. The smallest absolute Gasteiger partial charge is 0.429 e. The van der Waals surface area contributed by atoms with E-state index in [-0.39, 0.29) is 12.8 Å². The molecule has 1 unspecified atom stereocenters. The lowest BCUT2D eigenvalue weighted by molar-refractivity contribution is -0.136. The average Bonchev–Trinajstić information content (AvgIpc) is 2.58. The van der Waals surface area contributed by atoms with Crippen LogP contribution >= 0.6 is 0 Å². The largest absolute Gasteiger partial charge is 0.525 e. The third-order valence-corrected chi connectivity index (χ3v) is 3.44. The zero-order valence-electron chi connectivity index (χ0n) is 12.7. The fourth-order valence-electron chi connectivity index (χ4n) is 2.20. The number of nitrogens with two attached hydrogens (primary N) is 2. The summed E-state index contributed by atoms with van der Waals surface area (Å²) in [5, 5.41) is 0. The Morgan fingerprint density at radius 1 is 0.957 bits per heavy atom. The van der Waals surface area contributed by atoms with Crippen molar-refractivity contribution in [3.05, 3.63) is 60.7 Å². The first kappa shape index (κ1) is 16.8. The van der Waals surface area contributed by atoms with Gasteiger partial charge in [-0.05, 0) is 17.3 Å². The Morgan fingerprint density at radius 3 is 1.87 bits per heavy atom. The van der Waals surface area contributed by atoms with E-state index in [0.29, 0.717) is 0 Å². The summed E-state index contributed by atoms with van der Waals surface area (Å²) in [6.45, 7) is -0.537. The summed E-state index contributed by atoms with van der Waals surface area (Å²) >= 11 is 0. The van der Waals surface area contributed by atoms with Gasteiger partial charge in [0, 0.05) is 6.42 Å². The van der Waals surface area contributed by atoms with Crippen molar-refractivity contribution in [2.45, 2.75) is 18.9 Å². The standard InChI is InChI=1S/C17H19BN2O3/c19-15(11-12-16(20)21)17(22)23-18(13-7-3-1-4-8-13)14-9-5-2-6-10-14/h1-10,15H,11-12,19H2,(H2,20,21). The zero-order valence-corrected chi connectivity index (χ0v) is 12.7. The van der Waals surface area contributed by atoms with Crippen LogP contribution in [0.5, 0.6) is 0 Å². The highest BCUT2D eigenvalue weighted by molar-refractivity contribution is 6.81. The summed E-state index contributed by atoms with van der Waals surface area (Å²) in [7, 11) is 0. The van der Waals surface area contributed by atoms with Gasteiger partial charge in [0.1, 0.15) is 6.04 Å². The van der Waals surface area contributed by atoms with Gasteiger partial charge in [-0.15, -0.1) is 0 Å². The van der Waals surface area contributed by atoms with Crippen molar-refractivity contribution in [2.75, 3.05) is 0 Å². The molecule has 2 rings (SSSR count). The van der Waals surface area contributed by atoms with E-state index in [4.69, 9.17) is 16.1 Å². The first-order chi connectivity index (χ1) is 11.1. The van der Waals surface area contributed by atoms with Crippen LogP contribution in [-0.2, 0) is 14.2 Å². The molecule has 2 aromatic rings. The quantitative estimate of drug-likeness (QED) is 0.700. The molecule has 0 aromatic heterocycles. The van der Waals surface area contributed by atoms with Gasteiger partial charge in [-0.25, -0.2) is 0 Å². The van der Waals surface area contributed by atoms with Crippen LogP contribution in [0.25, 0.3) is 0 Å². The minimum atomic E-state index is -0.877. The van der Waals surface area contributed by atoms with Gasteiger partial charge >= 0.3 is 12.9 Å². The molecule has 0 aliphatic rings. The average molecular weight is 310 g/mol. The van der Waals surface area contributed by atoms with Gasteiger partial charge in [-0.2, -0.15) is 0 Å². The molecule has 2 aromatic carbocycles. The molecule has 4 N–H and O–H groups in total. The topological polar surface area (TPSA) is 95.4 Å². The number of carbonyl (C=O) groups excluding carboxylic acids is 2. The summed E-state index contributed by atoms with van der Waals surface area (Å²) in [4.78, 5) is 23.0. The van der Waals surface area contributed by atoms with Gasteiger partial charge in [0.2, 0.25) is 5.91 Å². The number of benzene rings is 2. The number of amides is 1.